The van der Waals surface area contributed by atoms with Gasteiger partial charge < -0.3 is 9.47 Å². The van der Waals surface area contributed by atoms with Gasteiger partial charge in [0.15, 0.2) is 0 Å². The van der Waals surface area contributed by atoms with Crippen LogP contribution >= 0.6 is 15.9 Å². The monoisotopic (exact) mass is 336 g/mol. The number of esters is 1. The molecular formula is C13H15BrF2O3. The molecule has 0 aliphatic rings. The fourth-order valence-electron chi connectivity index (χ4n) is 1.57. The molecule has 0 saturated heterocycles. The van der Waals surface area contributed by atoms with E-state index in [4.69, 9.17) is 4.74 Å². The molecule has 0 spiro atoms. The number of halogens is 3. The van der Waals surface area contributed by atoms with Crippen molar-refractivity contribution >= 4 is 21.9 Å². The number of ether oxygens (including phenoxy) is 2. The van der Waals surface area contributed by atoms with Gasteiger partial charge in [-0.25, -0.2) is 4.79 Å². The van der Waals surface area contributed by atoms with Crippen LogP contribution in [0.15, 0.2) is 18.2 Å². The average molecular weight is 337 g/mol. The summed E-state index contributed by atoms with van der Waals surface area (Å²) in [5, 5.41) is 0.830. The molecule has 0 saturated carbocycles. The Labute approximate surface area is 119 Å². The van der Waals surface area contributed by atoms with Gasteiger partial charge in [0.2, 0.25) is 0 Å². The van der Waals surface area contributed by atoms with Crippen LogP contribution < -0.4 is 4.74 Å². The first kappa shape index (κ1) is 15.9. The number of rotatable bonds is 7. The maximum absolute atomic E-state index is 12.3. The van der Waals surface area contributed by atoms with Crippen molar-refractivity contribution in [2.75, 3.05) is 11.9 Å². The highest BCUT2D eigenvalue weighted by atomic mass is 79.9. The van der Waals surface area contributed by atoms with Crippen molar-refractivity contribution < 1.29 is 23.0 Å². The highest BCUT2D eigenvalue weighted by Gasteiger charge is 2.17. The van der Waals surface area contributed by atoms with Crippen LogP contribution in [0.3, 0.4) is 0 Å². The number of carbonyl (C=O) groups is 1. The van der Waals surface area contributed by atoms with E-state index in [0.29, 0.717) is 0 Å². The summed E-state index contributed by atoms with van der Waals surface area (Å²) >= 11 is 3.31. The third kappa shape index (κ3) is 5.14. The van der Waals surface area contributed by atoms with Crippen molar-refractivity contribution in [3.8, 4) is 5.75 Å². The standard InChI is InChI=1S/C13H15BrF2O3/c1-2-18-12(17)10-8-9(4-3-7-14)5-6-11(10)19-13(15)16/h5-6,8,13H,2-4,7H2,1H3. The summed E-state index contributed by atoms with van der Waals surface area (Å²) in [6, 6.07) is 4.59. The van der Waals surface area contributed by atoms with Crippen molar-refractivity contribution in [2.24, 2.45) is 0 Å². The Bertz CT molecular complexity index is 424. The predicted octanol–water partition coefficient (Wildman–Crippen LogP) is 3.79. The van der Waals surface area contributed by atoms with E-state index in [0.717, 1.165) is 23.7 Å². The third-order valence-electron chi connectivity index (χ3n) is 2.35. The zero-order valence-corrected chi connectivity index (χ0v) is 12.1. The molecule has 0 fully saturated rings. The third-order valence-corrected chi connectivity index (χ3v) is 2.92. The van der Waals surface area contributed by atoms with Crippen LogP contribution in [0.4, 0.5) is 8.78 Å². The van der Waals surface area contributed by atoms with Crippen LogP contribution in [0.25, 0.3) is 0 Å². The molecule has 0 aromatic heterocycles. The van der Waals surface area contributed by atoms with Crippen molar-refractivity contribution in [3.05, 3.63) is 29.3 Å². The minimum Gasteiger partial charge on any atom is -0.462 e. The van der Waals surface area contributed by atoms with E-state index in [9.17, 15) is 13.6 Å². The van der Waals surface area contributed by atoms with Crippen LogP contribution in [0.2, 0.25) is 0 Å². The summed E-state index contributed by atoms with van der Waals surface area (Å²) < 4.78 is 33.7. The van der Waals surface area contributed by atoms with Gasteiger partial charge in [-0.3, -0.25) is 0 Å². The second-order valence-electron chi connectivity index (χ2n) is 3.72. The molecule has 0 N–H and O–H groups in total. The highest BCUT2D eigenvalue weighted by molar-refractivity contribution is 9.09. The van der Waals surface area contributed by atoms with Crippen molar-refractivity contribution in [1.82, 2.24) is 0 Å². The molecule has 0 radical (unpaired) electrons. The number of carbonyl (C=O) groups excluding carboxylic acids is 1. The van der Waals surface area contributed by atoms with Gasteiger partial charge in [-0.2, -0.15) is 8.78 Å². The van der Waals surface area contributed by atoms with Crippen molar-refractivity contribution in [2.45, 2.75) is 26.4 Å². The maximum Gasteiger partial charge on any atom is 0.387 e. The summed E-state index contributed by atoms with van der Waals surface area (Å²) in [4.78, 5) is 11.7. The molecule has 0 heterocycles. The Morgan fingerprint density at radius 1 is 1.42 bits per heavy atom. The summed E-state index contributed by atoms with van der Waals surface area (Å²) in [5.74, 6) is -0.810. The van der Waals surface area contributed by atoms with Gasteiger partial charge in [0.25, 0.3) is 0 Å². The molecular weight excluding hydrogens is 322 g/mol. The molecule has 1 rings (SSSR count). The van der Waals surface area contributed by atoms with Crippen LogP contribution in [0.5, 0.6) is 5.75 Å². The van der Waals surface area contributed by atoms with Gasteiger partial charge >= 0.3 is 12.6 Å². The van der Waals surface area contributed by atoms with Crippen LogP contribution in [0, 0.1) is 0 Å². The van der Waals surface area contributed by atoms with Gasteiger partial charge in [0, 0.05) is 5.33 Å². The zero-order chi connectivity index (χ0) is 14.3. The minimum absolute atomic E-state index is 0.0363. The molecule has 0 aliphatic heterocycles. The Hall–Kier alpha value is -1.17. The van der Waals surface area contributed by atoms with Crippen molar-refractivity contribution in [1.29, 1.82) is 0 Å². The first-order valence-electron chi connectivity index (χ1n) is 5.89. The topological polar surface area (TPSA) is 35.5 Å². The van der Waals surface area contributed by atoms with Crippen LogP contribution in [0.1, 0.15) is 29.3 Å². The number of hydrogen-bond donors (Lipinski definition) is 0. The van der Waals surface area contributed by atoms with E-state index >= 15 is 0 Å². The molecule has 6 heteroatoms. The van der Waals surface area contributed by atoms with Crippen LogP contribution in [-0.2, 0) is 11.2 Å². The molecule has 0 bridgehead atoms. The SMILES string of the molecule is CCOC(=O)c1cc(CCCBr)ccc1OC(F)F. The Kier molecular flexibility index (Phi) is 6.77. The number of benzene rings is 1. The van der Waals surface area contributed by atoms with Gasteiger partial charge in [-0.1, -0.05) is 22.0 Å². The lowest BCUT2D eigenvalue weighted by Crippen LogP contribution is -2.11. The molecule has 19 heavy (non-hydrogen) atoms. The number of hydrogen-bond acceptors (Lipinski definition) is 3. The first-order chi connectivity index (χ1) is 9.08. The number of aryl methyl sites for hydroxylation is 1. The first-order valence-corrected chi connectivity index (χ1v) is 7.01. The molecule has 0 amide bonds. The summed E-state index contributed by atoms with van der Waals surface area (Å²) in [7, 11) is 0. The van der Waals surface area contributed by atoms with E-state index in [1.54, 1.807) is 19.1 Å². The average Bonchev–Trinajstić information content (AvgIpc) is 2.37. The Balaban J connectivity index is 2.99. The summed E-state index contributed by atoms with van der Waals surface area (Å²) in [6.07, 6.45) is 1.63. The molecule has 0 atom stereocenters. The lowest BCUT2D eigenvalue weighted by atomic mass is 10.1. The fraction of sp³-hybridized carbons (Fsp3) is 0.462. The van der Waals surface area contributed by atoms with Crippen molar-refractivity contribution in [3.63, 3.8) is 0 Å². The number of alkyl halides is 3. The van der Waals surface area contributed by atoms with E-state index < -0.39 is 12.6 Å². The van der Waals surface area contributed by atoms with Gasteiger partial charge in [0.1, 0.15) is 11.3 Å². The highest BCUT2D eigenvalue weighted by Crippen LogP contribution is 2.24. The molecule has 1 aromatic carbocycles. The largest absolute Gasteiger partial charge is 0.462 e. The van der Waals surface area contributed by atoms with Crippen LogP contribution in [-0.4, -0.2) is 24.5 Å². The smallest absolute Gasteiger partial charge is 0.387 e. The predicted molar refractivity (Wildman–Crippen MR) is 71.1 cm³/mol. The Morgan fingerprint density at radius 3 is 2.74 bits per heavy atom. The molecule has 1 aromatic rings. The second kappa shape index (κ2) is 8.09. The molecule has 0 aliphatic carbocycles. The molecule has 3 nitrogen and oxygen atoms in total. The van der Waals surface area contributed by atoms with Gasteiger partial charge in [-0.05, 0) is 37.5 Å². The van der Waals surface area contributed by atoms with Gasteiger partial charge in [0.05, 0.1) is 6.61 Å². The quantitative estimate of drug-likeness (QED) is 0.561. The molecule has 106 valence electrons. The fourth-order valence-corrected chi connectivity index (χ4v) is 1.85. The summed E-state index contributed by atoms with van der Waals surface area (Å²) in [5.41, 5.74) is 0.915. The maximum atomic E-state index is 12.3. The lowest BCUT2D eigenvalue weighted by molar-refractivity contribution is -0.0504. The summed E-state index contributed by atoms with van der Waals surface area (Å²) in [6.45, 7) is -1.14. The van der Waals surface area contributed by atoms with E-state index in [-0.39, 0.29) is 17.9 Å². The zero-order valence-electron chi connectivity index (χ0n) is 10.5. The molecule has 0 unspecified atom stereocenters. The van der Waals surface area contributed by atoms with E-state index in [2.05, 4.69) is 20.7 Å². The Morgan fingerprint density at radius 2 is 2.16 bits per heavy atom. The lowest BCUT2D eigenvalue weighted by Gasteiger charge is -2.11. The normalized spacial score (nSPS) is 10.6. The second-order valence-corrected chi connectivity index (χ2v) is 4.52. The van der Waals surface area contributed by atoms with Gasteiger partial charge in [-0.15, -0.1) is 0 Å². The minimum atomic E-state index is -2.97. The van der Waals surface area contributed by atoms with E-state index in [1.165, 1.54) is 6.07 Å². The van der Waals surface area contributed by atoms with E-state index in [1.807, 2.05) is 0 Å².